The number of halogens is 2. The van der Waals surface area contributed by atoms with Crippen molar-refractivity contribution in [1.82, 2.24) is 0 Å². The molecular formula is C18H17Cl2NO3. The van der Waals surface area contributed by atoms with Crippen LogP contribution >= 0.6 is 23.2 Å². The lowest BCUT2D eigenvalue weighted by molar-refractivity contribution is -0.118. The third-order valence-corrected chi connectivity index (χ3v) is 3.73. The van der Waals surface area contributed by atoms with E-state index in [1.165, 1.54) is 0 Å². The predicted octanol–water partition coefficient (Wildman–Crippen LogP) is 4.75. The minimum absolute atomic E-state index is 0.181. The highest BCUT2D eigenvalue weighted by atomic mass is 35.5. The highest BCUT2D eigenvalue weighted by Gasteiger charge is 2.10. The first-order valence-corrected chi connectivity index (χ1v) is 7.94. The number of nitrogens with one attached hydrogen (secondary N) is 1. The molecule has 4 nitrogen and oxygen atoms in total. The van der Waals surface area contributed by atoms with Crippen LogP contribution in [0.1, 0.15) is 5.56 Å². The molecule has 1 amide bonds. The van der Waals surface area contributed by atoms with Gasteiger partial charge >= 0.3 is 0 Å². The first kappa shape index (κ1) is 18.2. The standard InChI is InChI=1S/C18H17Cl2NO3/c1-3-4-12-5-8-16(17(9-12)23-2)24-11-18(22)21-15-10-13(19)6-7-14(15)20/h3,5-10H,1,4,11H2,2H3,(H,21,22). The number of hydrogen-bond acceptors (Lipinski definition) is 3. The predicted molar refractivity (Wildman–Crippen MR) is 97.5 cm³/mol. The fraction of sp³-hybridized carbons (Fsp3) is 0.167. The van der Waals surface area contributed by atoms with E-state index in [0.29, 0.717) is 27.2 Å². The summed E-state index contributed by atoms with van der Waals surface area (Å²) in [6.07, 6.45) is 2.53. The van der Waals surface area contributed by atoms with E-state index in [9.17, 15) is 4.79 Å². The van der Waals surface area contributed by atoms with Gasteiger partial charge in [-0.2, -0.15) is 0 Å². The summed E-state index contributed by atoms with van der Waals surface area (Å²) in [6.45, 7) is 3.52. The number of rotatable bonds is 7. The molecule has 0 saturated carbocycles. The van der Waals surface area contributed by atoms with Crippen molar-refractivity contribution >= 4 is 34.8 Å². The SMILES string of the molecule is C=CCc1ccc(OCC(=O)Nc2cc(Cl)ccc2Cl)c(OC)c1. The molecule has 2 aromatic carbocycles. The summed E-state index contributed by atoms with van der Waals surface area (Å²) in [5.41, 5.74) is 1.48. The molecule has 126 valence electrons. The van der Waals surface area contributed by atoms with Crippen LogP contribution in [0.3, 0.4) is 0 Å². The molecule has 0 radical (unpaired) electrons. The number of ether oxygens (including phenoxy) is 2. The summed E-state index contributed by atoms with van der Waals surface area (Å²) >= 11 is 11.9. The fourth-order valence-electron chi connectivity index (χ4n) is 2.05. The van der Waals surface area contributed by atoms with Crippen molar-refractivity contribution in [3.8, 4) is 11.5 Å². The van der Waals surface area contributed by atoms with Crippen molar-refractivity contribution in [2.45, 2.75) is 6.42 Å². The largest absolute Gasteiger partial charge is 0.493 e. The quantitative estimate of drug-likeness (QED) is 0.720. The molecule has 0 aliphatic heterocycles. The van der Waals surface area contributed by atoms with Crippen LogP contribution in [0.2, 0.25) is 10.0 Å². The molecule has 0 atom stereocenters. The zero-order valence-electron chi connectivity index (χ0n) is 13.1. The Morgan fingerprint density at radius 3 is 2.71 bits per heavy atom. The molecule has 24 heavy (non-hydrogen) atoms. The summed E-state index contributed by atoms with van der Waals surface area (Å²) in [6, 6.07) is 10.3. The number of amides is 1. The van der Waals surface area contributed by atoms with E-state index < -0.39 is 0 Å². The lowest BCUT2D eigenvalue weighted by atomic mass is 10.1. The van der Waals surface area contributed by atoms with Gasteiger partial charge in [0.1, 0.15) is 0 Å². The molecule has 0 aliphatic rings. The van der Waals surface area contributed by atoms with E-state index in [1.54, 1.807) is 37.5 Å². The van der Waals surface area contributed by atoms with E-state index in [2.05, 4.69) is 11.9 Å². The fourth-order valence-corrected chi connectivity index (χ4v) is 2.38. The van der Waals surface area contributed by atoms with E-state index >= 15 is 0 Å². The van der Waals surface area contributed by atoms with E-state index in [4.69, 9.17) is 32.7 Å². The number of anilines is 1. The second-order valence-corrected chi connectivity index (χ2v) is 5.78. The van der Waals surface area contributed by atoms with Gasteiger partial charge in [0.2, 0.25) is 0 Å². The van der Waals surface area contributed by atoms with Crippen molar-refractivity contribution in [3.05, 3.63) is 64.7 Å². The van der Waals surface area contributed by atoms with Gasteiger partial charge in [-0.25, -0.2) is 0 Å². The molecular weight excluding hydrogens is 349 g/mol. The third kappa shape index (κ3) is 4.91. The Labute approximate surface area is 151 Å². The molecule has 0 heterocycles. The van der Waals surface area contributed by atoms with Gasteiger partial charge in [-0.05, 0) is 42.3 Å². The summed E-state index contributed by atoms with van der Waals surface area (Å²) in [7, 11) is 1.55. The summed E-state index contributed by atoms with van der Waals surface area (Å²) in [5.74, 6) is 0.692. The van der Waals surface area contributed by atoms with Crippen LogP contribution in [-0.2, 0) is 11.2 Å². The van der Waals surface area contributed by atoms with Crippen molar-refractivity contribution in [3.63, 3.8) is 0 Å². The van der Waals surface area contributed by atoms with Gasteiger partial charge in [0.25, 0.3) is 5.91 Å². The van der Waals surface area contributed by atoms with Crippen LogP contribution in [0.15, 0.2) is 49.1 Å². The first-order valence-electron chi connectivity index (χ1n) is 7.19. The van der Waals surface area contributed by atoms with Gasteiger partial charge in [0, 0.05) is 5.02 Å². The minimum atomic E-state index is -0.351. The number of benzene rings is 2. The summed E-state index contributed by atoms with van der Waals surface area (Å²) < 4.78 is 10.8. The van der Waals surface area contributed by atoms with Gasteiger partial charge in [0.05, 0.1) is 17.8 Å². The maximum atomic E-state index is 12.0. The summed E-state index contributed by atoms with van der Waals surface area (Å²) in [4.78, 5) is 12.0. The molecule has 0 fully saturated rings. The Hall–Kier alpha value is -2.17. The van der Waals surface area contributed by atoms with Gasteiger partial charge < -0.3 is 14.8 Å². The Kier molecular flexibility index (Phi) is 6.53. The molecule has 0 aliphatic carbocycles. The number of hydrogen-bond donors (Lipinski definition) is 1. The average molecular weight is 366 g/mol. The Balaban J connectivity index is 2.01. The average Bonchev–Trinajstić information content (AvgIpc) is 2.57. The zero-order valence-corrected chi connectivity index (χ0v) is 14.7. The van der Waals surface area contributed by atoms with Crippen LogP contribution in [-0.4, -0.2) is 19.6 Å². The van der Waals surface area contributed by atoms with Gasteiger partial charge in [0.15, 0.2) is 18.1 Å². The monoisotopic (exact) mass is 365 g/mol. The zero-order chi connectivity index (χ0) is 17.5. The second kappa shape index (κ2) is 8.62. The molecule has 0 unspecified atom stereocenters. The van der Waals surface area contributed by atoms with Crippen LogP contribution in [0.25, 0.3) is 0 Å². The molecule has 2 rings (SSSR count). The van der Waals surface area contributed by atoms with E-state index in [0.717, 1.165) is 12.0 Å². The number of carbonyl (C=O) groups excluding carboxylic acids is 1. The molecule has 2 aromatic rings. The smallest absolute Gasteiger partial charge is 0.262 e. The lowest BCUT2D eigenvalue weighted by Crippen LogP contribution is -2.20. The first-order chi connectivity index (χ1) is 11.5. The summed E-state index contributed by atoms with van der Waals surface area (Å²) in [5, 5.41) is 3.54. The molecule has 0 bridgehead atoms. The highest BCUT2D eigenvalue weighted by Crippen LogP contribution is 2.29. The van der Waals surface area contributed by atoms with Crippen LogP contribution in [0.4, 0.5) is 5.69 Å². The Morgan fingerprint density at radius 2 is 2.00 bits per heavy atom. The maximum absolute atomic E-state index is 12.0. The third-order valence-electron chi connectivity index (χ3n) is 3.17. The second-order valence-electron chi connectivity index (χ2n) is 4.94. The normalized spacial score (nSPS) is 10.1. The van der Waals surface area contributed by atoms with Crippen LogP contribution < -0.4 is 14.8 Å². The molecule has 0 spiro atoms. The van der Waals surface area contributed by atoms with Gasteiger partial charge in [-0.1, -0.05) is 35.3 Å². The highest BCUT2D eigenvalue weighted by molar-refractivity contribution is 6.35. The van der Waals surface area contributed by atoms with E-state index in [-0.39, 0.29) is 12.5 Å². The number of carbonyl (C=O) groups is 1. The molecule has 1 N–H and O–H groups in total. The van der Waals surface area contributed by atoms with Crippen molar-refractivity contribution < 1.29 is 14.3 Å². The van der Waals surface area contributed by atoms with Crippen molar-refractivity contribution in [2.24, 2.45) is 0 Å². The molecule has 6 heteroatoms. The van der Waals surface area contributed by atoms with Gasteiger partial charge in [-0.3, -0.25) is 4.79 Å². The minimum Gasteiger partial charge on any atom is -0.493 e. The topological polar surface area (TPSA) is 47.6 Å². The van der Waals surface area contributed by atoms with E-state index in [1.807, 2.05) is 12.1 Å². The van der Waals surface area contributed by atoms with Crippen molar-refractivity contribution in [2.75, 3.05) is 19.0 Å². The lowest BCUT2D eigenvalue weighted by Gasteiger charge is -2.12. The molecule has 0 saturated heterocycles. The number of methoxy groups -OCH3 is 1. The van der Waals surface area contributed by atoms with Crippen molar-refractivity contribution in [1.29, 1.82) is 0 Å². The molecule has 0 aromatic heterocycles. The van der Waals surface area contributed by atoms with Crippen LogP contribution in [0, 0.1) is 0 Å². The Bertz CT molecular complexity index is 747. The number of allylic oxidation sites excluding steroid dienone is 1. The Morgan fingerprint density at radius 1 is 1.21 bits per heavy atom. The maximum Gasteiger partial charge on any atom is 0.262 e. The van der Waals surface area contributed by atoms with Gasteiger partial charge in [-0.15, -0.1) is 6.58 Å². The van der Waals surface area contributed by atoms with Crippen LogP contribution in [0.5, 0.6) is 11.5 Å².